The predicted octanol–water partition coefficient (Wildman–Crippen LogP) is 5.97. The minimum Gasteiger partial charge on any atom is -0.483 e. The molecular weight excluding hydrogens is 644 g/mol. The zero-order chi connectivity index (χ0) is 37.1. The van der Waals surface area contributed by atoms with Crippen molar-refractivity contribution in [2.24, 2.45) is 5.41 Å². The number of ether oxygens (including phenoxy) is 1. The number of aromatic nitrogens is 1. The summed E-state index contributed by atoms with van der Waals surface area (Å²) in [5.41, 5.74) is 4.69. The molecule has 0 saturated carbocycles. The highest BCUT2D eigenvalue weighted by molar-refractivity contribution is 5.86. The number of carboxylic acid groups (broad SMARTS) is 1. The molecule has 4 N–H and O–H groups in total. The predicted molar refractivity (Wildman–Crippen MR) is 198 cm³/mol. The summed E-state index contributed by atoms with van der Waals surface area (Å²) in [6, 6.07) is 26.5. The number of aryl methyl sites for hydroxylation is 2. The molecule has 0 aliphatic carbocycles. The van der Waals surface area contributed by atoms with Crippen molar-refractivity contribution in [2.45, 2.75) is 78.1 Å². The van der Waals surface area contributed by atoms with E-state index in [0.29, 0.717) is 18.6 Å². The summed E-state index contributed by atoms with van der Waals surface area (Å²) in [6.45, 7) is 9.03. The maximum Gasteiger partial charge on any atom is 0.407 e. The van der Waals surface area contributed by atoms with Crippen LogP contribution in [0.1, 0.15) is 49.4 Å². The van der Waals surface area contributed by atoms with Gasteiger partial charge in [0.15, 0.2) is 6.61 Å². The summed E-state index contributed by atoms with van der Waals surface area (Å²) < 4.78 is 5.91. The molecule has 51 heavy (non-hydrogen) atoms. The summed E-state index contributed by atoms with van der Waals surface area (Å²) in [5, 5.41) is 27.7. The summed E-state index contributed by atoms with van der Waals surface area (Å²) in [7, 11) is 1.38. The van der Waals surface area contributed by atoms with Gasteiger partial charge in [-0.05, 0) is 72.9 Å². The van der Waals surface area contributed by atoms with Gasteiger partial charge in [0.2, 0.25) is 5.91 Å². The number of carbonyl (C=O) groups excluding carboxylic acids is 2. The zero-order valence-corrected chi connectivity index (χ0v) is 30.3. The van der Waals surface area contributed by atoms with Crippen molar-refractivity contribution >= 4 is 17.9 Å². The Morgan fingerprint density at radius 1 is 0.824 bits per heavy atom. The average Bonchev–Trinajstić information content (AvgIpc) is 3.08. The number of pyridine rings is 1. The van der Waals surface area contributed by atoms with Gasteiger partial charge < -0.3 is 25.6 Å². The van der Waals surface area contributed by atoms with E-state index in [1.54, 1.807) is 6.20 Å². The van der Waals surface area contributed by atoms with E-state index in [0.717, 1.165) is 38.4 Å². The second kappa shape index (κ2) is 17.6. The van der Waals surface area contributed by atoms with Crippen LogP contribution >= 0.6 is 0 Å². The lowest BCUT2D eigenvalue weighted by Crippen LogP contribution is -2.57. The van der Waals surface area contributed by atoms with Crippen LogP contribution in [-0.2, 0) is 22.4 Å². The molecule has 4 atom stereocenters. The van der Waals surface area contributed by atoms with E-state index >= 15 is 0 Å². The van der Waals surface area contributed by atoms with Crippen LogP contribution in [0, 0.1) is 19.3 Å². The topological polar surface area (TPSA) is 141 Å². The molecule has 10 heteroatoms. The molecule has 1 heterocycles. The molecule has 1 aromatic heterocycles. The summed E-state index contributed by atoms with van der Waals surface area (Å²) in [4.78, 5) is 44.6. The van der Waals surface area contributed by atoms with E-state index < -0.39 is 41.6 Å². The van der Waals surface area contributed by atoms with E-state index in [1.165, 1.54) is 7.05 Å². The highest BCUT2D eigenvalue weighted by Crippen LogP contribution is 2.26. The van der Waals surface area contributed by atoms with Gasteiger partial charge in [-0.3, -0.25) is 19.5 Å². The number of carbonyl (C=O) groups is 3. The Morgan fingerprint density at radius 3 is 2.04 bits per heavy atom. The van der Waals surface area contributed by atoms with Crippen LogP contribution < -0.4 is 15.4 Å². The Balaban J connectivity index is 1.59. The highest BCUT2D eigenvalue weighted by atomic mass is 16.5. The third-order valence-electron chi connectivity index (χ3n) is 8.89. The van der Waals surface area contributed by atoms with Gasteiger partial charge in [-0.1, -0.05) is 99.6 Å². The molecule has 4 aromatic rings. The van der Waals surface area contributed by atoms with Crippen molar-refractivity contribution in [3.05, 3.63) is 119 Å². The summed E-state index contributed by atoms with van der Waals surface area (Å²) >= 11 is 0. The Kier molecular flexibility index (Phi) is 13.3. The van der Waals surface area contributed by atoms with E-state index in [9.17, 15) is 24.6 Å². The van der Waals surface area contributed by atoms with Crippen LogP contribution in [0.5, 0.6) is 5.75 Å². The first kappa shape index (κ1) is 38.6. The Morgan fingerprint density at radius 2 is 1.45 bits per heavy atom. The molecule has 0 saturated heterocycles. The van der Waals surface area contributed by atoms with Crippen LogP contribution in [0.25, 0.3) is 11.3 Å². The largest absolute Gasteiger partial charge is 0.483 e. The third kappa shape index (κ3) is 11.1. The van der Waals surface area contributed by atoms with Gasteiger partial charge in [0.05, 0.1) is 17.8 Å². The highest BCUT2D eigenvalue weighted by Gasteiger charge is 2.38. The van der Waals surface area contributed by atoms with E-state index in [1.807, 2.05) is 126 Å². The quantitative estimate of drug-likeness (QED) is 0.120. The first-order valence-electron chi connectivity index (χ1n) is 17.2. The summed E-state index contributed by atoms with van der Waals surface area (Å²) in [6.07, 6.45) is 0.190. The molecule has 0 bridgehead atoms. The van der Waals surface area contributed by atoms with Crippen molar-refractivity contribution in [3.8, 4) is 17.0 Å². The maximum atomic E-state index is 13.9. The van der Waals surface area contributed by atoms with Gasteiger partial charge in [-0.15, -0.1) is 0 Å². The molecule has 4 rings (SSSR count). The smallest absolute Gasteiger partial charge is 0.407 e. The number of amides is 3. The Labute approximate surface area is 300 Å². The van der Waals surface area contributed by atoms with Gasteiger partial charge in [0, 0.05) is 24.8 Å². The number of aliphatic hydroxyl groups is 1. The zero-order valence-electron chi connectivity index (χ0n) is 30.3. The minimum absolute atomic E-state index is 0.0803. The SMILES string of the molecule is Cc1cccc(C)c1OCC(=O)N[C@@H](Cc1ccccc1)[C@@H](O)C[C@@H](Cc1ccc(-c2ccccn2)cc1)NC(=O)[C@@H](N(C)C(=O)O)C(C)(C)C. The standard InChI is InChI=1S/C41H50N4O6/c1-27-13-12-14-28(2)37(27)51-26-36(47)44-34(24-29-15-8-7-9-16-29)35(46)25-32(43-39(48)38(41(3,4)5)45(6)40(49)50)23-30-18-20-31(21-19-30)33-17-10-11-22-42-33/h7-22,32,34-35,38,46H,23-26H2,1-6H3,(H,43,48)(H,44,47)(H,49,50)/t32-,34+,35+,38-/m1/s1. The number of nitrogens with one attached hydrogen (secondary N) is 2. The molecule has 0 aliphatic heterocycles. The number of rotatable bonds is 15. The third-order valence-corrected chi connectivity index (χ3v) is 8.89. The lowest BCUT2D eigenvalue weighted by atomic mass is 9.84. The van der Waals surface area contributed by atoms with Crippen LogP contribution in [-0.4, -0.2) is 75.9 Å². The fourth-order valence-electron chi connectivity index (χ4n) is 6.38. The Bertz CT molecular complexity index is 1720. The van der Waals surface area contributed by atoms with Gasteiger partial charge >= 0.3 is 6.09 Å². The molecule has 0 aliphatic rings. The molecule has 270 valence electrons. The van der Waals surface area contributed by atoms with Gasteiger partial charge in [-0.25, -0.2) is 4.79 Å². The average molecular weight is 695 g/mol. The van der Waals surface area contributed by atoms with Crippen LogP contribution in [0.3, 0.4) is 0 Å². The fraction of sp³-hybridized carbons (Fsp3) is 0.366. The number of aliphatic hydroxyl groups excluding tert-OH is 1. The van der Waals surface area contributed by atoms with Gasteiger partial charge in [-0.2, -0.15) is 0 Å². The van der Waals surface area contributed by atoms with Crippen LogP contribution in [0.4, 0.5) is 4.79 Å². The molecular formula is C41H50N4O6. The van der Waals surface area contributed by atoms with E-state index in [2.05, 4.69) is 15.6 Å². The monoisotopic (exact) mass is 694 g/mol. The van der Waals surface area contributed by atoms with Crippen molar-refractivity contribution in [2.75, 3.05) is 13.7 Å². The minimum atomic E-state index is -1.22. The number of benzene rings is 3. The number of para-hydroxylation sites is 1. The molecule has 0 unspecified atom stereocenters. The van der Waals surface area contributed by atoms with Crippen molar-refractivity contribution in [1.29, 1.82) is 0 Å². The van der Waals surface area contributed by atoms with Crippen LogP contribution in [0.15, 0.2) is 97.2 Å². The first-order valence-corrected chi connectivity index (χ1v) is 17.2. The Hall–Kier alpha value is -5.22. The van der Waals surface area contributed by atoms with Crippen molar-refractivity contribution in [3.63, 3.8) is 0 Å². The van der Waals surface area contributed by atoms with E-state index in [4.69, 9.17) is 4.74 Å². The van der Waals surface area contributed by atoms with Crippen molar-refractivity contribution in [1.82, 2.24) is 20.5 Å². The summed E-state index contributed by atoms with van der Waals surface area (Å²) in [5.74, 6) is -0.219. The first-order chi connectivity index (χ1) is 24.2. The normalized spacial score (nSPS) is 13.7. The molecule has 10 nitrogen and oxygen atoms in total. The van der Waals surface area contributed by atoms with Gasteiger partial charge in [0.25, 0.3) is 5.91 Å². The molecule has 0 fully saturated rings. The van der Waals surface area contributed by atoms with E-state index in [-0.39, 0.29) is 18.9 Å². The lowest BCUT2D eigenvalue weighted by molar-refractivity contribution is -0.130. The number of hydrogen-bond donors (Lipinski definition) is 4. The van der Waals surface area contributed by atoms with Crippen molar-refractivity contribution < 1.29 is 29.3 Å². The second-order valence-corrected chi connectivity index (χ2v) is 14.2. The lowest BCUT2D eigenvalue weighted by Gasteiger charge is -2.37. The number of hydrogen-bond acceptors (Lipinski definition) is 6. The molecule has 3 amide bonds. The number of nitrogens with zero attached hydrogens (tertiary/aromatic N) is 2. The van der Waals surface area contributed by atoms with Gasteiger partial charge in [0.1, 0.15) is 11.8 Å². The molecule has 3 aromatic carbocycles. The number of likely N-dealkylation sites (N-methyl/N-ethyl adjacent to an activating group) is 1. The molecule has 0 radical (unpaired) electrons. The fourth-order valence-corrected chi connectivity index (χ4v) is 6.38. The second-order valence-electron chi connectivity index (χ2n) is 14.2. The maximum absolute atomic E-state index is 13.9. The molecule has 0 spiro atoms. The van der Waals surface area contributed by atoms with Crippen LogP contribution in [0.2, 0.25) is 0 Å².